The fourth-order valence-corrected chi connectivity index (χ4v) is 3.84. The molecule has 1 atom stereocenters. The molecule has 0 saturated carbocycles. The molecule has 21 heavy (non-hydrogen) atoms. The smallest absolute Gasteiger partial charge is 0.0794 e. The summed E-state index contributed by atoms with van der Waals surface area (Å²) >= 11 is 1.74. The molecule has 2 aromatic heterocycles. The summed E-state index contributed by atoms with van der Waals surface area (Å²) in [7, 11) is 0. The van der Waals surface area contributed by atoms with Gasteiger partial charge in [-0.1, -0.05) is 30.3 Å². The van der Waals surface area contributed by atoms with Gasteiger partial charge in [0.2, 0.25) is 0 Å². The Hall–Kier alpha value is -1.91. The molecule has 0 aliphatic heterocycles. The Morgan fingerprint density at radius 1 is 1.24 bits per heavy atom. The Morgan fingerprint density at radius 3 is 3.10 bits per heavy atom. The predicted octanol–water partition coefficient (Wildman–Crippen LogP) is 3.92. The van der Waals surface area contributed by atoms with E-state index in [-0.39, 0.29) is 0 Å². The van der Waals surface area contributed by atoms with Gasteiger partial charge < -0.3 is 5.32 Å². The van der Waals surface area contributed by atoms with Crippen LogP contribution in [0.15, 0.2) is 48.0 Å². The fraction of sp³-hybridized carbons (Fsp3) is 0.235. The number of hydrogen-bond acceptors (Lipinski definition) is 3. The van der Waals surface area contributed by atoms with E-state index >= 15 is 0 Å². The van der Waals surface area contributed by atoms with Gasteiger partial charge in [-0.15, -0.1) is 11.3 Å². The van der Waals surface area contributed by atoms with E-state index in [1.165, 1.54) is 34.4 Å². The van der Waals surface area contributed by atoms with Crippen molar-refractivity contribution >= 4 is 11.3 Å². The van der Waals surface area contributed by atoms with Gasteiger partial charge in [0.05, 0.1) is 16.8 Å². The molecule has 0 saturated heterocycles. The zero-order valence-corrected chi connectivity index (χ0v) is 12.5. The van der Waals surface area contributed by atoms with Gasteiger partial charge >= 0.3 is 0 Å². The van der Waals surface area contributed by atoms with Gasteiger partial charge in [0.15, 0.2) is 0 Å². The summed E-state index contributed by atoms with van der Waals surface area (Å²) in [6, 6.07) is 13.4. The lowest BCUT2D eigenvalue weighted by Crippen LogP contribution is -2.18. The van der Waals surface area contributed by atoms with Crippen molar-refractivity contribution < 1.29 is 0 Å². The molecule has 106 valence electrons. The summed E-state index contributed by atoms with van der Waals surface area (Å²) in [5, 5.41) is 13.1. The largest absolute Gasteiger partial charge is 0.306 e. The number of aromatic amines is 1. The van der Waals surface area contributed by atoms with E-state index in [1.807, 2.05) is 6.20 Å². The molecule has 2 N–H and O–H groups in total. The van der Waals surface area contributed by atoms with Crippen LogP contribution in [0.25, 0.3) is 10.6 Å². The first kappa shape index (κ1) is 12.8. The number of aryl methyl sites for hydroxylation is 1. The Labute approximate surface area is 128 Å². The minimum absolute atomic E-state index is 0.465. The Bertz CT molecular complexity index is 730. The fourth-order valence-electron chi connectivity index (χ4n) is 3.08. The first-order chi connectivity index (χ1) is 10.4. The van der Waals surface area contributed by atoms with Crippen LogP contribution in [0.1, 0.15) is 29.2 Å². The van der Waals surface area contributed by atoms with E-state index < -0.39 is 0 Å². The molecule has 0 radical (unpaired) electrons. The van der Waals surface area contributed by atoms with Gasteiger partial charge in [-0.2, -0.15) is 5.10 Å². The summed E-state index contributed by atoms with van der Waals surface area (Å²) < 4.78 is 0. The van der Waals surface area contributed by atoms with E-state index in [4.69, 9.17) is 0 Å². The molecule has 3 nitrogen and oxygen atoms in total. The van der Waals surface area contributed by atoms with E-state index in [9.17, 15) is 0 Å². The quantitative estimate of drug-likeness (QED) is 0.766. The highest BCUT2D eigenvalue weighted by molar-refractivity contribution is 7.13. The highest BCUT2D eigenvalue weighted by atomic mass is 32.1. The third-order valence-electron chi connectivity index (χ3n) is 4.16. The van der Waals surface area contributed by atoms with Crippen LogP contribution in [0, 0.1) is 0 Å². The molecule has 0 amide bonds. The van der Waals surface area contributed by atoms with Crippen LogP contribution >= 0.6 is 11.3 Å². The Balaban J connectivity index is 1.51. The van der Waals surface area contributed by atoms with Crippen LogP contribution in [0.2, 0.25) is 0 Å². The molecule has 0 bridgehead atoms. The number of nitrogens with one attached hydrogen (secondary N) is 2. The van der Waals surface area contributed by atoms with E-state index in [1.54, 1.807) is 11.3 Å². The van der Waals surface area contributed by atoms with E-state index in [0.717, 1.165) is 12.2 Å². The lowest BCUT2D eigenvalue weighted by atomic mass is 10.1. The molecule has 1 aliphatic rings. The molecular formula is C17H17N3S. The number of benzene rings is 1. The lowest BCUT2D eigenvalue weighted by molar-refractivity contribution is 0.531. The highest BCUT2D eigenvalue weighted by Crippen LogP contribution is 2.32. The molecule has 3 aromatic rings. The second kappa shape index (κ2) is 5.47. The summed E-state index contributed by atoms with van der Waals surface area (Å²) in [6.45, 7) is 0.850. The monoisotopic (exact) mass is 295 g/mol. The molecule has 4 rings (SSSR count). The highest BCUT2D eigenvalue weighted by Gasteiger charge is 2.21. The number of thiophene rings is 1. The van der Waals surface area contributed by atoms with Crippen LogP contribution in [0.4, 0.5) is 0 Å². The predicted molar refractivity (Wildman–Crippen MR) is 86.2 cm³/mol. The van der Waals surface area contributed by atoms with Crippen molar-refractivity contribution in [1.29, 1.82) is 0 Å². The second-order valence-corrected chi connectivity index (χ2v) is 6.37. The normalized spacial score (nSPS) is 17.0. The molecule has 0 spiro atoms. The number of rotatable bonds is 4. The van der Waals surface area contributed by atoms with Crippen LogP contribution < -0.4 is 5.32 Å². The number of hydrogen-bond donors (Lipinski definition) is 2. The van der Waals surface area contributed by atoms with Crippen molar-refractivity contribution in [3.8, 4) is 10.6 Å². The Morgan fingerprint density at radius 2 is 2.19 bits per heavy atom. The average Bonchev–Trinajstić information content (AvgIpc) is 3.25. The van der Waals surface area contributed by atoms with Crippen molar-refractivity contribution in [3.05, 3.63) is 64.7 Å². The van der Waals surface area contributed by atoms with Gasteiger partial charge in [-0.3, -0.25) is 5.10 Å². The maximum Gasteiger partial charge on any atom is 0.0794 e. The maximum absolute atomic E-state index is 4.21. The summed E-state index contributed by atoms with van der Waals surface area (Å²) in [4.78, 5) is 1.25. The van der Waals surface area contributed by atoms with Crippen LogP contribution in [-0.2, 0) is 13.0 Å². The lowest BCUT2D eigenvalue weighted by Gasteiger charge is -2.13. The van der Waals surface area contributed by atoms with Gasteiger partial charge in [0, 0.05) is 18.2 Å². The molecule has 1 unspecified atom stereocenters. The van der Waals surface area contributed by atoms with Crippen molar-refractivity contribution in [2.45, 2.75) is 25.4 Å². The maximum atomic E-state index is 4.21. The van der Waals surface area contributed by atoms with Crippen LogP contribution in [-0.4, -0.2) is 10.2 Å². The van der Waals surface area contributed by atoms with E-state index in [2.05, 4.69) is 57.3 Å². The first-order valence-corrected chi connectivity index (χ1v) is 8.17. The summed E-state index contributed by atoms with van der Waals surface area (Å²) in [6.07, 6.45) is 4.30. The molecular weight excluding hydrogens is 278 g/mol. The van der Waals surface area contributed by atoms with Crippen LogP contribution in [0.5, 0.6) is 0 Å². The zero-order chi connectivity index (χ0) is 14.1. The van der Waals surface area contributed by atoms with Crippen molar-refractivity contribution in [3.63, 3.8) is 0 Å². The molecule has 1 aromatic carbocycles. The number of nitrogens with zero attached hydrogens (tertiary/aromatic N) is 1. The first-order valence-electron chi connectivity index (χ1n) is 7.29. The third kappa shape index (κ3) is 2.41. The van der Waals surface area contributed by atoms with Crippen molar-refractivity contribution in [1.82, 2.24) is 15.5 Å². The minimum Gasteiger partial charge on any atom is -0.306 e. The van der Waals surface area contributed by atoms with Gasteiger partial charge in [0.1, 0.15) is 0 Å². The number of aromatic nitrogens is 2. The zero-order valence-electron chi connectivity index (χ0n) is 11.7. The standard InChI is InChI=1S/C17H17N3S/c1-2-5-14-12(4-1)7-8-15(14)18-10-13-11-19-20-17(13)16-6-3-9-21-16/h1-6,9,11,15,18H,7-8,10H2,(H,19,20). The summed E-state index contributed by atoms with van der Waals surface area (Å²) in [5.74, 6) is 0. The average molecular weight is 295 g/mol. The molecule has 1 aliphatic carbocycles. The van der Waals surface area contributed by atoms with Crippen molar-refractivity contribution in [2.75, 3.05) is 0 Å². The molecule has 4 heteroatoms. The van der Waals surface area contributed by atoms with Crippen molar-refractivity contribution in [2.24, 2.45) is 0 Å². The van der Waals surface area contributed by atoms with Gasteiger partial charge in [-0.05, 0) is 35.4 Å². The topological polar surface area (TPSA) is 40.7 Å². The van der Waals surface area contributed by atoms with Gasteiger partial charge in [-0.25, -0.2) is 0 Å². The number of H-pyrrole nitrogens is 1. The third-order valence-corrected chi connectivity index (χ3v) is 5.04. The van der Waals surface area contributed by atoms with Gasteiger partial charge in [0.25, 0.3) is 0 Å². The molecule has 2 heterocycles. The Kier molecular flexibility index (Phi) is 3.33. The number of fused-ring (bicyclic) bond motifs is 1. The SMILES string of the molecule is c1csc(-c2[nH]ncc2CNC2CCc3ccccc32)c1. The second-order valence-electron chi connectivity index (χ2n) is 5.42. The summed E-state index contributed by atoms with van der Waals surface area (Å²) in [5.41, 5.74) is 5.32. The van der Waals surface area contributed by atoms with E-state index in [0.29, 0.717) is 6.04 Å². The molecule has 0 fully saturated rings. The van der Waals surface area contributed by atoms with Crippen LogP contribution in [0.3, 0.4) is 0 Å². The minimum atomic E-state index is 0.465.